The predicted molar refractivity (Wildman–Crippen MR) is 114 cm³/mol. The van der Waals surface area contributed by atoms with Crippen molar-refractivity contribution in [1.82, 2.24) is 4.90 Å². The molecule has 0 bridgehead atoms. The molecule has 1 saturated heterocycles. The first-order valence-electron chi connectivity index (χ1n) is 10.6. The Morgan fingerprint density at radius 1 is 1.26 bits per heavy atom. The third kappa shape index (κ3) is 4.71. The summed E-state index contributed by atoms with van der Waals surface area (Å²) < 4.78 is 25.7. The van der Waals surface area contributed by atoms with Crippen molar-refractivity contribution < 1.29 is 23.5 Å². The van der Waals surface area contributed by atoms with Gasteiger partial charge in [-0.15, -0.1) is 0 Å². The average molecular weight is 426 g/mol. The fraction of sp³-hybridized carbons (Fsp3) is 0.417. The number of rotatable bonds is 6. The number of fused-ring (bicyclic) bond motifs is 1. The number of ether oxygens (including phenoxy) is 2. The summed E-state index contributed by atoms with van der Waals surface area (Å²) in [5.41, 5.74) is 1.98. The van der Waals surface area contributed by atoms with Gasteiger partial charge in [0.15, 0.2) is 6.10 Å². The van der Waals surface area contributed by atoms with Crippen LogP contribution in [-0.2, 0) is 20.9 Å². The molecule has 2 amide bonds. The van der Waals surface area contributed by atoms with Gasteiger partial charge in [-0.25, -0.2) is 4.39 Å². The standard InChI is InChI=1S/C24H27FN2O4/c1-16-9-10-22-21(12-16)27(24(29)17(2)31-22)15-23(28)26(14-19-7-5-11-30-19)13-18-6-3-4-8-20(18)25/h3-4,6,8-10,12,17,19H,5,7,11,13-15H2,1-2H3/t17-,19+/m1/s1. The minimum absolute atomic E-state index is 0.0791. The van der Waals surface area contributed by atoms with Gasteiger partial charge in [-0.3, -0.25) is 14.5 Å². The number of halogens is 1. The van der Waals surface area contributed by atoms with Crippen molar-refractivity contribution in [3.05, 3.63) is 59.4 Å². The lowest BCUT2D eigenvalue weighted by molar-refractivity contribution is -0.134. The third-order valence-corrected chi connectivity index (χ3v) is 5.74. The van der Waals surface area contributed by atoms with Gasteiger partial charge in [0.1, 0.15) is 18.1 Å². The molecule has 6 nitrogen and oxygen atoms in total. The fourth-order valence-electron chi connectivity index (χ4n) is 4.04. The minimum Gasteiger partial charge on any atom is -0.479 e. The van der Waals surface area contributed by atoms with Gasteiger partial charge in [0.25, 0.3) is 5.91 Å². The fourth-order valence-corrected chi connectivity index (χ4v) is 4.04. The van der Waals surface area contributed by atoms with Gasteiger partial charge in [0.05, 0.1) is 11.8 Å². The molecule has 0 aromatic heterocycles. The van der Waals surface area contributed by atoms with Crippen LogP contribution in [0.4, 0.5) is 10.1 Å². The van der Waals surface area contributed by atoms with E-state index < -0.39 is 6.10 Å². The summed E-state index contributed by atoms with van der Waals surface area (Å²) in [6.45, 7) is 4.61. The highest BCUT2D eigenvalue weighted by molar-refractivity contribution is 6.03. The number of carbonyl (C=O) groups is 2. The number of anilines is 1. The Morgan fingerprint density at radius 3 is 2.81 bits per heavy atom. The van der Waals surface area contributed by atoms with Gasteiger partial charge in [-0.1, -0.05) is 24.3 Å². The van der Waals surface area contributed by atoms with E-state index in [9.17, 15) is 14.0 Å². The lowest BCUT2D eigenvalue weighted by Crippen LogP contribution is -2.50. The smallest absolute Gasteiger partial charge is 0.268 e. The Bertz CT molecular complexity index is 974. The predicted octanol–water partition coefficient (Wildman–Crippen LogP) is 3.46. The van der Waals surface area contributed by atoms with Gasteiger partial charge < -0.3 is 14.4 Å². The zero-order valence-corrected chi connectivity index (χ0v) is 17.8. The second-order valence-corrected chi connectivity index (χ2v) is 8.16. The van der Waals surface area contributed by atoms with Crippen molar-refractivity contribution in [3.8, 4) is 5.75 Å². The van der Waals surface area contributed by atoms with E-state index >= 15 is 0 Å². The first-order valence-corrected chi connectivity index (χ1v) is 10.6. The Balaban J connectivity index is 1.58. The zero-order chi connectivity index (χ0) is 22.0. The van der Waals surface area contributed by atoms with Gasteiger partial charge >= 0.3 is 0 Å². The quantitative estimate of drug-likeness (QED) is 0.710. The lowest BCUT2D eigenvalue weighted by atomic mass is 10.1. The van der Waals surface area contributed by atoms with E-state index in [1.807, 2.05) is 25.1 Å². The summed E-state index contributed by atoms with van der Waals surface area (Å²) in [6, 6.07) is 12.0. The van der Waals surface area contributed by atoms with E-state index in [4.69, 9.17) is 9.47 Å². The number of benzene rings is 2. The van der Waals surface area contributed by atoms with Crippen LogP contribution >= 0.6 is 0 Å². The van der Waals surface area contributed by atoms with Crippen LogP contribution in [0.5, 0.6) is 5.75 Å². The van der Waals surface area contributed by atoms with E-state index in [2.05, 4.69) is 0 Å². The number of carbonyl (C=O) groups excluding carboxylic acids is 2. The molecule has 2 heterocycles. The number of aryl methyl sites for hydroxylation is 1. The first kappa shape index (κ1) is 21.3. The van der Waals surface area contributed by atoms with E-state index in [1.165, 1.54) is 11.0 Å². The molecule has 0 spiro atoms. The van der Waals surface area contributed by atoms with Gasteiger partial charge in [-0.2, -0.15) is 0 Å². The Hall–Kier alpha value is -2.93. The number of amides is 2. The van der Waals surface area contributed by atoms with Gasteiger partial charge in [0, 0.05) is 25.3 Å². The van der Waals surface area contributed by atoms with E-state index in [0.717, 1.165) is 18.4 Å². The summed E-state index contributed by atoms with van der Waals surface area (Å²) in [7, 11) is 0. The molecule has 1 fully saturated rings. The molecule has 7 heteroatoms. The Labute approximate surface area is 181 Å². The molecule has 0 N–H and O–H groups in total. The molecular formula is C24H27FN2O4. The van der Waals surface area contributed by atoms with Gasteiger partial charge in [0.2, 0.25) is 5.91 Å². The molecule has 2 aliphatic heterocycles. The molecule has 0 aliphatic carbocycles. The molecule has 4 rings (SSSR count). The molecule has 31 heavy (non-hydrogen) atoms. The van der Waals surface area contributed by atoms with Gasteiger partial charge in [-0.05, 0) is 50.5 Å². The largest absolute Gasteiger partial charge is 0.479 e. The maximum absolute atomic E-state index is 14.3. The van der Waals surface area contributed by atoms with Crippen LogP contribution in [-0.4, -0.2) is 48.6 Å². The number of nitrogens with zero attached hydrogens (tertiary/aromatic N) is 2. The molecule has 0 unspecified atom stereocenters. The zero-order valence-electron chi connectivity index (χ0n) is 17.8. The van der Waals surface area contributed by atoms with Crippen LogP contribution in [0.3, 0.4) is 0 Å². The van der Waals surface area contributed by atoms with Crippen LogP contribution in [0.2, 0.25) is 0 Å². The number of hydrogen-bond acceptors (Lipinski definition) is 4. The van der Waals surface area contributed by atoms with Crippen molar-refractivity contribution in [2.24, 2.45) is 0 Å². The summed E-state index contributed by atoms with van der Waals surface area (Å²) in [5.74, 6) is -0.307. The molecule has 2 aliphatic rings. The third-order valence-electron chi connectivity index (χ3n) is 5.74. The topological polar surface area (TPSA) is 59.1 Å². The second-order valence-electron chi connectivity index (χ2n) is 8.16. The van der Waals surface area contributed by atoms with Crippen LogP contribution in [0.1, 0.15) is 30.9 Å². The van der Waals surface area contributed by atoms with Crippen molar-refractivity contribution >= 4 is 17.5 Å². The number of hydrogen-bond donors (Lipinski definition) is 0. The molecule has 164 valence electrons. The highest BCUT2D eigenvalue weighted by Crippen LogP contribution is 2.35. The molecule has 0 radical (unpaired) electrons. The van der Waals surface area contributed by atoms with Crippen LogP contribution in [0.15, 0.2) is 42.5 Å². The van der Waals surface area contributed by atoms with Crippen LogP contribution in [0.25, 0.3) is 0 Å². The maximum Gasteiger partial charge on any atom is 0.268 e. The van der Waals surface area contributed by atoms with E-state index in [-0.39, 0.29) is 36.8 Å². The summed E-state index contributed by atoms with van der Waals surface area (Å²) in [6.07, 6.45) is 1.04. The average Bonchev–Trinajstić information content (AvgIpc) is 3.26. The maximum atomic E-state index is 14.3. The SMILES string of the molecule is Cc1ccc2c(c1)N(CC(=O)N(Cc1ccccc1F)C[C@@H]1CCCO1)C(=O)[C@@H](C)O2. The Morgan fingerprint density at radius 2 is 2.06 bits per heavy atom. The van der Waals surface area contributed by atoms with Crippen LogP contribution < -0.4 is 9.64 Å². The monoisotopic (exact) mass is 426 g/mol. The van der Waals surface area contributed by atoms with E-state index in [0.29, 0.717) is 30.2 Å². The summed E-state index contributed by atoms with van der Waals surface area (Å²) >= 11 is 0. The van der Waals surface area contributed by atoms with Crippen molar-refractivity contribution in [3.63, 3.8) is 0 Å². The highest BCUT2D eigenvalue weighted by atomic mass is 19.1. The highest BCUT2D eigenvalue weighted by Gasteiger charge is 2.34. The molecule has 2 atom stereocenters. The Kier molecular flexibility index (Phi) is 6.23. The molecular weight excluding hydrogens is 399 g/mol. The van der Waals surface area contributed by atoms with Crippen molar-refractivity contribution in [2.75, 3.05) is 24.6 Å². The normalized spacial score (nSPS) is 20.4. The second kappa shape index (κ2) is 9.06. The van der Waals surface area contributed by atoms with Crippen molar-refractivity contribution in [2.45, 2.75) is 45.4 Å². The van der Waals surface area contributed by atoms with Crippen molar-refractivity contribution in [1.29, 1.82) is 0 Å². The summed E-state index contributed by atoms with van der Waals surface area (Å²) in [4.78, 5) is 29.3. The minimum atomic E-state index is -0.679. The first-order chi connectivity index (χ1) is 14.9. The lowest BCUT2D eigenvalue weighted by Gasteiger charge is -2.34. The van der Waals surface area contributed by atoms with E-state index in [1.54, 1.807) is 30.0 Å². The van der Waals surface area contributed by atoms with Crippen LogP contribution in [0, 0.1) is 12.7 Å². The molecule has 0 saturated carbocycles. The molecule has 2 aromatic rings. The molecule has 2 aromatic carbocycles. The summed E-state index contributed by atoms with van der Waals surface area (Å²) in [5, 5.41) is 0.